The number of amides is 1. The van der Waals surface area contributed by atoms with Crippen molar-refractivity contribution in [2.45, 2.75) is 12.6 Å². The Hall–Kier alpha value is -3.53. The molecule has 2 aliphatic heterocycles. The minimum atomic E-state index is -4.48. The molecular weight excluding hydrogens is 465 g/mol. The molecule has 1 saturated heterocycles. The number of carbonyl (C=O) groups excluding carboxylic acids is 1. The maximum Gasteiger partial charge on any atom is 0.416 e. The maximum absolute atomic E-state index is 13.5. The predicted octanol–water partition coefficient (Wildman–Crippen LogP) is 3.53. The minimum Gasteiger partial charge on any atom is -0.493 e. The van der Waals surface area contributed by atoms with Crippen molar-refractivity contribution in [3.05, 3.63) is 64.7 Å². The molecule has 0 unspecified atom stereocenters. The highest BCUT2D eigenvalue weighted by atomic mass is 19.4. The van der Waals surface area contributed by atoms with Crippen LogP contribution in [-0.2, 0) is 15.8 Å². The molecule has 0 aliphatic carbocycles. The number of carbonyl (C=O) groups is 2. The Balaban J connectivity index is 1.76. The Bertz CT molecular complexity index is 1140. The van der Waals surface area contributed by atoms with E-state index in [0.717, 1.165) is 12.1 Å². The van der Waals surface area contributed by atoms with Gasteiger partial charge >= 0.3 is 12.1 Å². The fourth-order valence-corrected chi connectivity index (χ4v) is 4.09. The first-order chi connectivity index (χ1) is 16.6. The van der Waals surface area contributed by atoms with Gasteiger partial charge in [0, 0.05) is 37.3 Å². The maximum atomic E-state index is 13.5. The summed E-state index contributed by atoms with van der Waals surface area (Å²) >= 11 is 0. The molecule has 0 spiro atoms. The van der Waals surface area contributed by atoms with Gasteiger partial charge in [0.2, 0.25) is 0 Å². The van der Waals surface area contributed by atoms with E-state index >= 15 is 0 Å². The fraction of sp³-hybridized carbons (Fsp3) is 0.360. The number of carboxylic acid groups (broad SMARTS) is 1. The van der Waals surface area contributed by atoms with Crippen molar-refractivity contribution in [2.24, 2.45) is 0 Å². The zero-order valence-electron chi connectivity index (χ0n) is 19.1. The number of halogens is 3. The summed E-state index contributed by atoms with van der Waals surface area (Å²) in [6.45, 7) is 2.42. The molecule has 0 bridgehead atoms. The van der Waals surface area contributed by atoms with E-state index in [2.05, 4.69) is 4.90 Å². The summed E-state index contributed by atoms with van der Waals surface area (Å²) in [4.78, 5) is 28.2. The van der Waals surface area contributed by atoms with Gasteiger partial charge in [0.05, 0.1) is 24.2 Å². The van der Waals surface area contributed by atoms with Gasteiger partial charge in [0.15, 0.2) is 0 Å². The summed E-state index contributed by atoms with van der Waals surface area (Å²) < 4.78 is 50.9. The normalized spacial score (nSPS) is 16.5. The lowest BCUT2D eigenvalue weighted by molar-refractivity contribution is -0.138. The van der Waals surface area contributed by atoms with Crippen molar-refractivity contribution in [3.63, 3.8) is 0 Å². The number of nitrogens with zero attached hydrogens (tertiary/aromatic N) is 2. The van der Waals surface area contributed by atoms with E-state index < -0.39 is 17.7 Å². The van der Waals surface area contributed by atoms with Crippen LogP contribution in [0.5, 0.6) is 11.5 Å². The second-order valence-electron chi connectivity index (χ2n) is 8.46. The van der Waals surface area contributed by atoms with E-state index in [4.69, 9.17) is 14.6 Å². The monoisotopic (exact) mass is 490 g/mol. The number of fused-ring (bicyclic) bond motifs is 1. The number of likely N-dealkylation sites (N-methyl/N-ethyl adjacent to an activating group) is 1. The van der Waals surface area contributed by atoms with Crippen molar-refractivity contribution in [1.29, 1.82) is 0 Å². The summed E-state index contributed by atoms with van der Waals surface area (Å²) in [5.74, 6) is -0.403. The Morgan fingerprint density at radius 1 is 1.06 bits per heavy atom. The third kappa shape index (κ3) is 5.59. The van der Waals surface area contributed by atoms with Crippen LogP contribution in [-0.4, -0.2) is 73.2 Å². The smallest absolute Gasteiger partial charge is 0.416 e. The van der Waals surface area contributed by atoms with E-state index in [1.165, 1.54) is 12.1 Å². The molecule has 2 heterocycles. The zero-order valence-corrected chi connectivity index (χ0v) is 19.1. The number of carboxylic acids is 1. The molecule has 10 heteroatoms. The van der Waals surface area contributed by atoms with Crippen LogP contribution in [0.1, 0.15) is 23.1 Å². The Labute approximate surface area is 200 Å². The predicted molar refractivity (Wildman–Crippen MR) is 121 cm³/mol. The first-order valence-corrected chi connectivity index (χ1v) is 11.1. The Kier molecular flexibility index (Phi) is 7.02. The molecule has 2 aromatic carbocycles. The van der Waals surface area contributed by atoms with Crippen LogP contribution in [0.25, 0.3) is 5.57 Å². The van der Waals surface area contributed by atoms with Crippen molar-refractivity contribution < 1.29 is 37.3 Å². The van der Waals surface area contributed by atoms with Crippen LogP contribution in [0.4, 0.5) is 13.2 Å². The number of alkyl halides is 3. The molecule has 4 rings (SSSR count). The van der Waals surface area contributed by atoms with E-state index in [9.17, 15) is 22.8 Å². The highest BCUT2D eigenvalue weighted by Gasteiger charge is 2.33. The lowest BCUT2D eigenvalue weighted by atomic mass is 9.89. The molecule has 1 N–H and O–H groups in total. The van der Waals surface area contributed by atoms with E-state index in [0.29, 0.717) is 60.0 Å². The summed E-state index contributed by atoms with van der Waals surface area (Å²) in [5, 5.41) is 8.86. The fourth-order valence-electron chi connectivity index (χ4n) is 4.09. The van der Waals surface area contributed by atoms with Gasteiger partial charge in [-0.2, -0.15) is 13.2 Å². The first kappa shape index (κ1) is 24.6. The van der Waals surface area contributed by atoms with Gasteiger partial charge in [0.25, 0.3) is 5.91 Å². The average molecular weight is 490 g/mol. The molecule has 7 nitrogen and oxygen atoms in total. The molecule has 2 aromatic rings. The molecule has 0 saturated carbocycles. The standard InChI is InChI=1S/C25H25F3N2O5/c1-29-9-11-30(12-10-29)24(33)20-15-35-21-7-6-18(34-13-8-22(31)32)14-19(21)23(20)16-2-4-17(5-3-16)25(26,27)28/h2-7,14H,8-13,15H2,1H3,(H,31,32). The number of piperazine rings is 1. The van der Waals surface area contributed by atoms with Crippen LogP contribution in [0.3, 0.4) is 0 Å². The largest absolute Gasteiger partial charge is 0.493 e. The van der Waals surface area contributed by atoms with Gasteiger partial charge in [0.1, 0.15) is 18.1 Å². The van der Waals surface area contributed by atoms with E-state index in [1.54, 1.807) is 23.1 Å². The molecule has 0 aromatic heterocycles. The van der Waals surface area contributed by atoms with Crippen LogP contribution >= 0.6 is 0 Å². The number of hydrogen-bond donors (Lipinski definition) is 1. The number of hydrogen-bond acceptors (Lipinski definition) is 5. The Morgan fingerprint density at radius 2 is 1.74 bits per heavy atom. The van der Waals surface area contributed by atoms with Gasteiger partial charge in [-0.3, -0.25) is 9.59 Å². The van der Waals surface area contributed by atoms with Gasteiger partial charge in [-0.15, -0.1) is 0 Å². The highest BCUT2D eigenvalue weighted by Crippen LogP contribution is 2.41. The van der Waals surface area contributed by atoms with Gasteiger partial charge in [-0.25, -0.2) is 0 Å². The quantitative estimate of drug-likeness (QED) is 0.668. The van der Waals surface area contributed by atoms with Crippen LogP contribution in [0, 0.1) is 0 Å². The van der Waals surface area contributed by atoms with Crippen LogP contribution < -0.4 is 9.47 Å². The molecular formula is C25H25F3N2O5. The Morgan fingerprint density at radius 3 is 2.37 bits per heavy atom. The third-order valence-corrected chi connectivity index (χ3v) is 6.03. The average Bonchev–Trinajstić information content (AvgIpc) is 2.82. The molecule has 1 amide bonds. The van der Waals surface area contributed by atoms with Crippen molar-refractivity contribution in [1.82, 2.24) is 9.80 Å². The minimum absolute atomic E-state index is 0.0201. The number of rotatable bonds is 6. The molecule has 2 aliphatic rings. The summed E-state index contributed by atoms with van der Waals surface area (Å²) in [6.07, 6.45) is -4.67. The zero-order chi connectivity index (χ0) is 25.2. The van der Waals surface area contributed by atoms with Crippen LogP contribution in [0.2, 0.25) is 0 Å². The number of aliphatic carboxylic acids is 1. The molecule has 1 fully saturated rings. The van der Waals surface area contributed by atoms with Gasteiger partial charge in [-0.1, -0.05) is 12.1 Å². The summed E-state index contributed by atoms with van der Waals surface area (Å²) in [6, 6.07) is 9.57. The van der Waals surface area contributed by atoms with Crippen LogP contribution in [0.15, 0.2) is 48.0 Å². The van der Waals surface area contributed by atoms with Gasteiger partial charge in [-0.05, 0) is 42.9 Å². The number of benzene rings is 2. The first-order valence-electron chi connectivity index (χ1n) is 11.1. The van der Waals surface area contributed by atoms with Crippen molar-refractivity contribution in [3.8, 4) is 11.5 Å². The molecule has 0 atom stereocenters. The topological polar surface area (TPSA) is 79.3 Å². The molecule has 35 heavy (non-hydrogen) atoms. The second-order valence-corrected chi connectivity index (χ2v) is 8.46. The van der Waals surface area contributed by atoms with E-state index in [1.807, 2.05) is 7.05 Å². The number of ether oxygens (including phenoxy) is 2. The molecule has 0 radical (unpaired) electrons. The highest BCUT2D eigenvalue weighted by molar-refractivity contribution is 6.06. The SMILES string of the molecule is CN1CCN(C(=O)C2=C(c3ccc(C(F)(F)F)cc3)c3cc(OCCC(=O)O)ccc3OC2)CC1. The van der Waals surface area contributed by atoms with E-state index in [-0.39, 0.29) is 25.5 Å². The second kappa shape index (κ2) is 9.99. The lowest BCUT2D eigenvalue weighted by Gasteiger charge is -2.34. The van der Waals surface area contributed by atoms with Gasteiger partial charge < -0.3 is 24.4 Å². The summed E-state index contributed by atoms with van der Waals surface area (Å²) in [5.41, 5.74) is 0.993. The third-order valence-electron chi connectivity index (χ3n) is 6.03. The van der Waals surface area contributed by atoms with Crippen molar-refractivity contribution >= 4 is 17.4 Å². The lowest BCUT2D eigenvalue weighted by Crippen LogP contribution is -2.48. The summed E-state index contributed by atoms with van der Waals surface area (Å²) in [7, 11) is 1.97. The molecule has 186 valence electrons. The van der Waals surface area contributed by atoms with Crippen molar-refractivity contribution in [2.75, 3.05) is 46.4 Å².